The zero-order valence-electron chi connectivity index (χ0n) is 12.6. The lowest BCUT2D eigenvalue weighted by Gasteiger charge is -2.34. The van der Waals surface area contributed by atoms with Crippen molar-refractivity contribution in [3.8, 4) is 12.3 Å². The zero-order valence-corrected chi connectivity index (χ0v) is 12.6. The number of benzene rings is 1. The molecule has 1 fully saturated rings. The summed E-state index contributed by atoms with van der Waals surface area (Å²) < 4.78 is 0. The van der Waals surface area contributed by atoms with E-state index in [4.69, 9.17) is 6.42 Å². The van der Waals surface area contributed by atoms with E-state index in [0.717, 1.165) is 45.6 Å². The first-order valence-corrected chi connectivity index (χ1v) is 7.77. The van der Waals surface area contributed by atoms with E-state index in [1.54, 1.807) is 0 Å². The van der Waals surface area contributed by atoms with Gasteiger partial charge in [-0.25, -0.2) is 0 Å². The molecule has 0 saturated carbocycles. The van der Waals surface area contributed by atoms with E-state index in [2.05, 4.69) is 35.1 Å². The fourth-order valence-corrected chi connectivity index (χ4v) is 2.65. The highest BCUT2D eigenvalue weighted by Crippen LogP contribution is 2.08. The quantitative estimate of drug-likeness (QED) is 0.590. The van der Waals surface area contributed by atoms with Gasteiger partial charge in [-0.15, -0.1) is 12.3 Å². The van der Waals surface area contributed by atoms with Crippen LogP contribution in [0.15, 0.2) is 30.3 Å². The summed E-state index contributed by atoms with van der Waals surface area (Å²) in [6.07, 6.45) is 8.39. The number of terminal acetylenes is 1. The molecule has 0 atom stereocenters. The maximum absolute atomic E-state index is 12.0. The number of hydrogen-bond acceptors (Lipinski definition) is 2. The van der Waals surface area contributed by atoms with Crippen LogP contribution in [0, 0.1) is 12.3 Å². The van der Waals surface area contributed by atoms with Crippen LogP contribution >= 0.6 is 0 Å². The molecule has 0 bridgehead atoms. The monoisotopic (exact) mass is 284 g/mol. The molecule has 0 aromatic heterocycles. The Morgan fingerprint density at radius 2 is 1.86 bits per heavy atom. The first kappa shape index (κ1) is 15.6. The summed E-state index contributed by atoms with van der Waals surface area (Å²) in [6, 6.07) is 10.6. The van der Waals surface area contributed by atoms with E-state index >= 15 is 0 Å². The van der Waals surface area contributed by atoms with Gasteiger partial charge in [0.05, 0.1) is 0 Å². The van der Waals surface area contributed by atoms with Gasteiger partial charge in [-0.2, -0.15) is 0 Å². The topological polar surface area (TPSA) is 23.6 Å². The maximum atomic E-state index is 12.0. The minimum Gasteiger partial charge on any atom is -0.340 e. The average molecular weight is 284 g/mol. The third kappa shape index (κ3) is 5.24. The molecule has 1 aromatic carbocycles. The van der Waals surface area contributed by atoms with E-state index < -0.39 is 0 Å². The van der Waals surface area contributed by atoms with Crippen LogP contribution in [0.4, 0.5) is 0 Å². The van der Waals surface area contributed by atoms with Crippen molar-refractivity contribution in [2.45, 2.75) is 25.7 Å². The first-order valence-electron chi connectivity index (χ1n) is 7.77. The Labute approximate surface area is 127 Å². The first-order chi connectivity index (χ1) is 10.3. The molecule has 0 spiro atoms. The van der Waals surface area contributed by atoms with Crippen molar-refractivity contribution in [1.82, 2.24) is 9.80 Å². The number of rotatable bonds is 6. The van der Waals surface area contributed by atoms with Gasteiger partial charge in [-0.3, -0.25) is 9.69 Å². The van der Waals surface area contributed by atoms with E-state index in [-0.39, 0.29) is 5.91 Å². The molecule has 0 aliphatic carbocycles. The van der Waals surface area contributed by atoms with Gasteiger partial charge in [-0.05, 0) is 18.4 Å². The molecule has 112 valence electrons. The Bertz CT molecular complexity index is 470. The van der Waals surface area contributed by atoms with Crippen LogP contribution in [0.2, 0.25) is 0 Å². The van der Waals surface area contributed by atoms with Crippen LogP contribution in [0.5, 0.6) is 0 Å². The number of hydrogen-bond donors (Lipinski definition) is 0. The number of unbranched alkanes of at least 4 members (excludes halogenated alkanes) is 1. The predicted octanol–water partition coefficient (Wildman–Crippen LogP) is 2.18. The Morgan fingerprint density at radius 3 is 2.52 bits per heavy atom. The molecule has 21 heavy (non-hydrogen) atoms. The largest absolute Gasteiger partial charge is 0.340 e. The normalized spacial score (nSPS) is 15.7. The minimum atomic E-state index is 0.257. The molecule has 0 unspecified atom stereocenters. The maximum Gasteiger partial charge on any atom is 0.222 e. The van der Waals surface area contributed by atoms with E-state index in [1.807, 2.05) is 11.0 Å². The summed E-state index contributed by atoms with van der Waals surface area (Å²) in [5, 5.41) is 0. The summed E-state index contributed by atoms with van der Waals surface area (Å²) in [4.78, 5) is 16.4. The standard InChI is InChI=1S/C18H24N2O/c1-2-3-5-10-18(21)20-15-13-19(14-16-20)12-11-17-8-6-4-7-9-17/h1,4,6-9H,3,5,10-16H2. The Hall–Kier alpha value is -1.79. The third-order valence-corrected chi connectivity index (χ3v) is 4.00. The predicted molar refractivity (Wildman–Crippen MR) is 85.9 cm³/mol. The molecule has 1 saturated heterocycles. The van der Waals surface area contributed by atoms with Crippen molar-refractivity contribution < 1.29 is 4.79 Å². The number of carbonyl (C=O) groups excluding carboxylic acids is 1. The Morgan fingerprint density at radius 1 is 1.14 bits per heavy atom. The highest BCUT2D eigenvalue weighted by molar-refractivity contribution is 5.76. The van der Waals surface area contributed by atoms with Crippen molar-refractivity contribution in [1.29, 1.82) is 0 Å². The molecule has 0 N–H and O–H groups in total. The fourth-order valence-electron chi connectivity index (χ4n) is 2.65. The van der Waals surface area contributed by atoms with E-state index in [0.29, 0.717) is 12.8 Å². The second-order valence-corrected chi connectivity index (χ2v) is 5.52. The van der Waals surface area contributed by atoms with E-state index in [9.17, 15) is 4.79 Å². The number of carbonyl (C=O) groups is 1. The van der Waals surface area contributed by atoms with Crippen LogP contribution in [-0.2, 0) is 11.2 Å². The smallest absolute Gasteiger partial charge is 0.222 e. The highest BCUT2D eigenvalue weighted by atomic mass is 16.2. The molecule has 1 amide bonds. The molecule has 3 heteroatoms. The second kappa shape index (κ2) is 8.49. The number of piperazine rings is 1. The van der Waals surface area contributed by atoms with Crippen molar-refractivity contribution in [2.24, 2.45) is 0 Å². The molecule has 2 rings (SSSR count). The van der Waals surface area contributed by atoms with Gasteiger partial charge in [-0.1, -0.05) is 30.3 Å². The van der Waals surface area contributed by atoms with E-state index in [1.165, 1.54) is 5.56 Å². The van der Waals surface area contributed by atoms with Gasteiger partial charge in [0.25, 0.3) is 0 Å². The molecule has 1 aromatic rings. The van der Waals surface area contributed by atoms with Crippen molar-refractivity contribution in [3.05, 3.63) is 35.9 Å². The molecular formula is C18H24N2O. The Kier molecular flexibility index (Phi) is 6.30. The lowest BCUT2D eigenvalue weighted by molar-refractivity contribution is -0.133. The van der Waals surface area contributed by atoms with Crippen molar-refractivity contribution in [2.75, 3.05) is 32.7 Å². The van der Waals surface area contributed by atoms with Gasteiger partial charge in [0, 0.05) is 45.6 Å². The van der Waals surface area contributed by atoms with Crippen LogP contribution in [0.3, 0.4) is 0 Å². The van der Waals surface area contributed by atoms with Crippen LogP contribution in [-0.4, -0.2) is 48.4 Å². The molecule has 1 aliphatic rings. The van der Waals surface area contributed by atoms with Crippen LogP contribution < -0.4 is 0 Å². The molecule has 0 radical (unpaired) electrons. The van der Waals surface area contributed by atoms with Gasteiger partial charge >= 0.3 is 0 Å². The molecular weight excluding hydrogens is 260 g/mol. The number of nitrogens with zero attached hydrogens (tertiary/aromatic N) is 2. The van der Waals surface area contributed by atoms with Gasteiger partial charge in [0.1, 0.15) is 0 Å². The lowest BCUT2D eigenvalue weighted by atomic mass is 10.1. The summed E-state index contributed by atoms with van der Waals surface area (Å²) in [6.45, 7) is 4.73. The molecule has 3 nitrogen and oxygen atoms in total. The SMILES string of the molecule is C#CCCCC(=O)N1CCN(CCc2ccccc2)CC1. The Balaban J connectivity index is 1.66. The van der Waals surface area contributed by atoms with Crippen LogP contribution in [0.1, 0.15) is 24.8 Å². The highest BCUT2D eigenvalue weighted by Gasteiger charge is 2.20. The molecule has 1 aliphatic heterocycles. The minimum absolute atomic E-state index is 0.257. The van der Waals surface area contributed by atoms with Gasteiger partial charge in [0.15, 0.2) is 0 Å². The number of amides is 1. The van der Waals surface area contributed by atoms with Crippen LogP contribution in [0.25, 0.3) is 0 Å². The lowest BCUT2D eigenvalue weighted by Crippen LogP contribution is -2.49. The van der Waals surface area contributed by atoms with Gasteiger partial charge in [0.2, 0.25) is 5.91 Å². The third-order valence-electron chi connectivity index (χ3n) is 4.00. The fraction of sp³-hybridized carbons (Fsp3) is 0.500. The summed E-state index contributed by atoms with van der Waals surface area (Å²) in [7, 11) is 0. The van der Waals surface area contributed by atoms with Crippen molar-refractivity contribution in [3.63, 3.8) is 0 Å². The summed E-state index contributed by atoms with van der Waals surface area (Å²) >= 11 is 0. The average Bonchev–Trinajstić information content (AvgIpc) is 2.54. The van der Waals surface area contributed by atoms with Gasteiger partial charge < -0.3 is 4.90 Å². The summed E-state index contributed by atoms with van der Waals surface area (Å²) in [5.41, 5.74) is 1.38. The van der Waals surface area contributed by atoms with Crippen molar-refractivity contribution >= 4 is 5.91 Å². The second-order valence-electron chi connectivity index (χ2n) is 5.52. The summed E-state index contributed by atoms with van der Waals surface area (Å²) in [5.74, 6) is 2.84. The zero-order chi connectivity index (χ0) is 14.9. The molecule has 1 heterocycles.